The topological polar surface area (TPSA) is 50.3 Å². The van der Waals surface area contributed by atoms with Crippen molar-refractivity contribution in [3.05, 3.63) is 34.6 Å². The minimum absolute atomic E-state index is 0.436. The second-order valence-corrected chi connectivity index (χ2v) is 6.86. The average molecular weight is 317 g/mol. The summed E-state index contributed by atoms with van der Waals surface area (Å²) in [6.45, 7) is 0.967. The quantitative estimate of drug-likeness (QED) is 0.837. The van der Waals surface area contributed by atoms with Gasteiger partial charge in [-0.15, -0.1) is 0 Å². The molecule has 1 aromatic heterocycles. The molecule has 0 atom stereocenters. The van der Waals surface area contributed by atoms with E-state index in [1.807, 2.05) is 18.2 Å². The van der Waals surface area contributed by atoms with Gasteiger partial charge in [-0.2, -0.15) is 4.31 Å². The molecule has 6 heteroatoms. The average Bonchev–Trinajstić information content (AvgIpc) is 2.29. The molecular weight excluding hydrogens is 304 g/mol. The number of pyridine rings is 1. The normalized spacial score (nSPS) is 17.9. The van der Waals surface area contributed by atoms with Crippen molar-refractivity contribution in [2.45, 2.75) is 6.42 Å². The summed E-state index contributed by atoms with van der Waals surface area (Å²) in [4.78, 5) is 4.31. The lowest BCUT2D eigenvalue weighted by Crippen LogP contribution is -2.33. The van der Waals surface area contributed by atoms with Gasteiger partial charge in [-0.25, -0.2) is 8.42 Å². The van der Waals surface area contributed by atoms with Crippen molar-refractivity contribution in [3.8, 4) is 0 Å². The largest absolute Gasteiger partial charge is 0.255 e. The predicted molar refractivity (Wildman–Crippen MR) is 70.9 cm³/mol. The van der Waals surface area contributed by atoms with E-state index < -0.39 is 10.0 Å². The lowest BCUT2D eigenvalue weighted by molar-refractivity contribution is 0.445. The summed E-state index contributed by atoms with van der Waals surface area (Å²) in [5.74, 6) is 0. The van der Waals surface area contributed by atoms with Gasteiger partial charge in [-0.3, -0.25) is 4.98 Å². The highest BCUT2D eigenvalue weighted by atomic mass is 79.9. The first kappa shape index (κ1) is 12.7. The first-order valence-corrected chi connectivity index (χ1v) is 7.87. The van der Waals surface area contributed by atoms with Crippen molar-refractivity contribution in [1.29, 1.82) is 0 Å². The van der Waals surface area contributed by atoms with Gasteiger partial charge in [-0.05, 0) is 40.1 Å². The van der Waals surface area contributed by atoms with E-state index in [0.29, 0.717) is 19.5 Å². The van der Waals surface area contributed by atoms with Gasteiger partial charge in [0, 0.05) is 23.8 Å². The van der Waals surface area contributed by atoms with E-state index in [0.717, 1.165) is 15.7 Å². The molecule has 0 aromatic carbocycles. The molecule has 0 unspecified atom stereocenters. The molecule has 0 bridgehead atoms. The Morgan fingerprint density at radius 1 is 1.41 bits per heavy atom. The van der Waals surface area contributed by atoms with Crippen molar-refractivity contribution < 1.29 is 8.42 Å². The monoisotopic (exact) mass is 316 g/mol. The summed E-state index contributed by atoms with van der Waals surface area (Å²) in [7, 11) is -3.08. The zero-order valence-electron chi connectivity index (χ0n) is 9.43. The lowest BCUT2D eigenvalue weighted by atomic mass is 10.1. The number of hydrogen-bond acceptors (Lipinski definition) is 3. The Hall–Kier alpha value is -0.720. The zero-order chi connectivity index (χ0) is 12.5. The number of nitrogens with zero attached hydrogens (tertiary/aromatic N) is 2. The van der Waals surface area contributed by atoms with E-state index in [1.165, 1.54) is 10.6 Å². The van der Waals surface area contributed by atoms with E-state index in [9.17, 15) is 8.42 Å². The molecule has 4 nitrogen and oxygen atoms in total. The molecule has 0 aliphatic carbocycles. The summed E-state index contributed by atoms with van der Waals surface area (Å²) in [6, 6.07) is 3.87. The molecule has 0 N–H and O–H groups in total. The van der Waals surface area contributed by atoms with Crippen LogP contribution in [0.25, 0.3) is 5.57 Å². The first-order valence-electron chi connectivity index (χ1n) is 5.23. The second-order valence-electron chi connectivity index (χ2n) is 3.96. The standard InChI is InChI=1S/C11H13BrN2O2S/c1-17(15,16)14-6-4-9(5-7-14)11-3-2-10(12)8-13-11/h2-4,8H,5-7H2,1H3. The van der Waals surface area contributed by atoms with E-state index in [1.54, 1.807) is 6.20 Å². The Labute approximate surface area is 110 Å². The van der Waals surface area contributed by atoms with Crippen molar-refractivity contribution in [1.82, 2.24) is 9.29 Å². The number of aromatic nitrogens is 1. The van der Waals surface area contributed by atoms with Crippen LogP contribution in [0.1, 0.15) is 12.1 Å². The van der Waals surface area contributed by atoms with E-state index in [4.69, 9.17) is 0 Å². The second kappa shape index (κ2) is 4.88. The van der Waals surface area contributed by atoms with Gasteiger partial charge in [0.2, 0.25) is 10.0 Å². The summed E-state index contributed by atoms with van der Waals surface area (Å²) in [5.41, 5.74) is 2.03. The van der Waals surface area contributed by atoms with Crippen LogP contribution < -0.4 is 0 Å². The maximum atomic E-state index is 11.3. The molecule has 0 spiro atoms. The number of hydrogen-bond donors (Lipinski definition) is 0. The number of rotatable bonds is 2. The maximum absolute atomic E-state index is 11.3. The van der Waals surface area contributed by atoms with Crippen molar-refractivity contribution in [2.75, 3.05) is 19.3 Å². The molecule has 17 heavy (non-hydrogen) atoms. The molecular formula is C11H13BrN2O2S. The molecule has 0 radical (unpaired) electrons. The maximum Gasteiger partial charge on any atom is 0.211 e. The van der Waals surface area contributed by atoms with Crippen LogP contribution in [0, 0.1) is 0 Å². The van der Waals surface area contributed by atoms with E-state index in [2.05, 4.69) is 20.9 Å². The van der Waals surface area contributed by atoms with Crippen LogP contribution >= 0.6 is 15.9 Å². The first-order chi connectivity index (χ1) is 7.97. The molecule has 2 rings (SSSR count). The molecule has 2 heterocycles. The van der Waals surface area contributed by atoms with Crippen molar-refractivity contribution in [3.63, 3.8) is 0 Å². The Bertz CT molecular complexity index is 537. The van der Waals surface area contributed by atoms with Crippen molar-refractivity contribution in [2.24, 2.45) is 0 Å². The molecule has 92 valence electrons. The minimum atomic E-state index is -3.08. The smallest absolute Gasteiger partial charge is 0.211 e. The van der Waals surface area contributed by atoms with Gasteiger partial charge >= 0.3 is 0 Å². The van der Waals surface area contributed by atoms with Gasteiger partial charge in [0.25, 0.3) is 0 Å². The summed E-state index contributed by atoms with van der Waals surface area (Å²) < 4.78 is 25.1. The predicted octanol–water partition coefficient (Wildman–Crippen LogP) is 1.89. The fourth-order valence-electron chi connectivity index (χ4n) is 1.75. The van der Waals surface area contributed by atoms with Crippen LogP contribution in [0.2, 0.25) is 0 Å². The summed E-state index contributed by atoms with van der Waals surface area (Å²) in [6.07, 6.45) is 5.63. The Morgan fingerprint density at radius 3 is 2.65 bits per heavy atom. The van der Waals surface area contributed by atoms with Gasteiger partial charge in [0.05, 0.1) is 11.9 Å². The van der Waals surface area contributed by atoms with Gasteiger partial charge in [0.1, 0.15) is 0 Å². The zero-order valence-corrected chi connectivity index (χ0v) is 11.8. The molecule has 0 fully saturated rings. The van der Waals surface area contributed by atoms with Gasteiger partial charge in [0.15, 0.2) is 0 Å². The third-order valence-electron chi connectivity index (χ3n) is 2.70. The molecule has 1 aliphatic heterocycles. The van der Waals surface area contributed by atoms with Gasteiger partial charge in [-0.1, -0.05) is 6.08 Å². The highest BCUT2D eigenvalue weighted by molar-refractivity contribution is 9.10. The Kier molecular flexibility index (Phi) is 3.65. The van der Waals surface area contributed by atoms with E-state index in [-0.39, 0.29) is 0 Å². The Balaban J connectivity index is 2.16. The van der Waals surface area contributed by atoms with Crippen LogP contribution in [0.15, 0.2) is 28.9 Å². The highest BCUT2D eigenvalue weighted by Gasteiger charge is 2.20. The summed E-state index contributed by atoms with van der Waals surface area (Å²) in [5, 5.41) is 0. The van der Waals surface area contributed by atoms with Crippen LogP contribution in [0.5, 0.6) is 0 Å². The van der Waals surface area contributed by atoms with Crippen LogP contribution in [-0.2, 0) is 10.0 Å². The fraction of sp³-hybridized carbons (Fsp3) is 0.364. The lowest BCUT2D eigenvalue weighted by Gasteiger charge is -2.23. The van der Waals surface area contributed by atoms with Crippen LogP contribution in [0.4, 0.5) is 0 Å². The summed E-state index contributed by atoms with van der Waals surface area (Å²) >= 11 is 3.34. The number of halogens is 1. The third-order valence-corrected chi connectivity index (χ3v) is 4.44. The van der Waals surface area contributed by atoms with Crippen LogP contribution in [-0.4, -0.2) is 37.1 Å². The van der Waals surface area contributed by atoms with E-state index >= 15 is 0 Å². The third kappa shape index (κ3) is 3.14. The molecule has 1 aliphatic rings. The van der Waals surface area contributed by atoms with Gasteiger partial charge < -0.3 is 0 Å². The SMILES string of the molecule is CS(=O)(=O)N1CC=C(c2ccc(Br)cn2)CC1. The molecule has 1 aromatic rings. The van der Waals surface area contributed by atoms with Crippen LogP contribution in [0.3, 0.4) is 0 Å². The molecule has 0 saturated heterocycles. The van der Waals surface area contributed by atoms with Crippen molar-refractivity contribution >= 4 is 31.5 Å². The number of sulfonamides is 1. The highest BCUT2D eigenvalue weighted by Crippen LogP contribution is 2.22. The molecule has 0 saturated carbocycles. The Morgan fingerprint density at radius 2 is 2.18 bits per heavy atom. The molecule has 0 amide bonds. The minimum Gasteiger partial charge on any atom is -0.255 e. The fourth-order valence-corrected chi connectivity index (χ4v) is 2.75.